The summed E-state index contributed by atoms with van der Waals surface area (Å²) in [6, 6.07) is 8.77. The number of likely N-dealkylation sites (N-methyl/N-ethyl adjacent to an activating group) is 1. The molecule has 0 spiro atoms. The Kier molecular flexibility index (Phi) is 19.4. The molecule has 3 aliphatic rings. The number of amides is 2. The molecule has 0 unspecified atom stereocenters. The van der Waals surface area contributed by atoms with Crippen LogP contribution in [0.5, 0.6) is 0 Å². The topological polar surface area (TPSA) is 232 Å². The van der Waals surface area contributed by atoms with Gasteiger partial charge in [0.05, 0.1) is 29.5 Å². The Morgan fingerprint density at radius 3 is 2.36 bits per heavy atom. The van der Waals surface area contributed by atoms with Crippen LogP contribution in [0.1, 0.15) is 109 Å². The van der Waals surface area contributed by atoms with Crippen molar-refractivity contribution in [1.29, 1.82) is 0 Å². The van der Waals surface area contributed by atoms with Crippen LogP contribution < -0.4 is 11.1 Å². The highest BCUT2D eigenvalue weighted by Crippen LogP contribution is 2.42. The summed E-state index contributed by atoms with van der Waals surface area (Å²) in [4.78, 5) is 60.8. The van der Waals surface area contributed by atoms with Gasteiger partial charge in [-0.2, -0.15) is 0 Å². The largest absolute Gasteiger partial charge is 0.459 e. The maximum atomic E-state index is 14.9. The van der Waals surface area contributed by atoms with Gasteiger partial charge in [0.25, 0.3) is 5.91 Å². The van der Waals surface area contributed by atoms with Crippen LogP contribution in [0.4, 0.5) is 4.39 Å². The number of benzene rings is 1. The third-order valence-electron chi connectivity index (χ3n) is 16.1. The molecule has 73 heavy (non-hydrogen) atoms. The fourth-order valence-electron chi connectivity index (χ4n) is 11.8. The van der Waals surface area contributed by atoms with Crippen molar-refractivity contribution in [2.24, 2.45) is 29.4 Å². The van der Waals surface area contributed by atoms with Crippen LogP contribution in [0, 0.1) is 23.7 Å². The van der Waals surface area contributed by atoms with E-state index >= 15 is 0 Å². The van der Waals surface area contributed by atoms with Crippen molar-refractivity contribution in [3.8, 4) is 11.1 Å². The van der Waals surface area contributed by atoms with Gasteiger partial charge in [-0.05, 0) is 83.0 Å². The Morgan fingerprint density at radius 1 is 1.07 bits per heavy atom. The summed E-state index contributed by atoms with van der Waals surface area (Å²) in [5.41, 5.74) is 6.17. The summed E-state index contributed by atoms with van der Waals surface area (Å²) in [7, 11) is 6.54. The number of esters is 1. The number of carbonyl (C=O) groups is 4. The van der Waals surface area contributed by atoms with Crippen molar-refractivity contribution in [3.05, 3.63) is 65.7 Å². The zero-order valence-corrected chi connectivity index (χ0v) is 44.6. The van der Waals surface area contributed by atoms with Crippen molar-refractivity contribution in [2.45, 2.75) is 153 Å². The molecule has 1 aromatic carbocycles. The van der Waals surface area contributed by atoms with Crippen LogP contribution in [0.25, 0.3) is 11.1 Å². The Labute approximate surface area is 429 Å². The number of primary amides is 1. The zero-order chi connectivity index (χ0) is 53.5. The molecule has 2 aromatic heterocycles. The number of nitrogens with two attached hydrogens (primary N) is 1. The molecule has 3 aromatic rings. The van der Waals surface area contributed by atoms with E-state index in [4.69, 9.17) is 34.2 Å². The SMILES string of the molecule is CC[C@H]1OC(=O)[C@H](C)C(=O)[C@H](C)[C@@H](O[C@@H]2O[C@H](C)C[C@H](N(C)CCc3cn([C@H](CF)[C@H](OC)c4ccc(-c5ccc(C(N)=O)nc5)cc4)nn3)[C@H]2O)[C@](C)(OC)C[C@@H](C)[C@@H]2NCCN(C=O)[C@H]([C@H]2C)[C@]1(C)OC. The van der Waals surface area contributed by atoms with Gasteiger partial charge in [0, 0.05) is 83.3 Å². The Hall–Kier alpha value is -4.80. The second-order valence-electron chi connectivity index (χ2n) is 20.8. The van der Waals surface area contributed by atoms with Crippen molar-refractivity contribution in [2.75, 3.05) is 54.7 Å². The summed E-state index contributed by atoms with van der Waals surface area (Å²) in [5, 5.41) is 24.6. The molecule has 5 heterocycles. The predicted octanol–water partition coefficient (Wildman–Crippen LogP) is 4.51. The second kappa shape index (κ2) is 24.7. The number of carbonyl (C=O) groups excluding carboxylic acids is 4. The lowest BCUT2D eigenvalue weighted by Crippen LogP contribution is -2.64. The number of methoxy groups -OCH3 is 3. The number of alkyl halides is 1. The molecule has 4 N–H and O–H groups in total. The van der Waals surface area contributed by atoms with E-state index in [0.717, 1.165) is 23.1 Å². The number of nitrogens with zero attached hydrogens (tertiary/aromatic N) is 6. The number of hydrogen-bond donors (Lipinski definition) is 3. The van der Waals surface area contributed by atoms with Crippen molar-refractivity contribution >= 4 is 24.1 Å². The van der Waals surface area contributed by atoms with Gasteiger partial charge in [-0.3, -0.25) is 24.2 Å². The molecule has 2 amide bonds. The Bertz CT molecular complexity index is 2310. The molecular weight excluding hydrogens is 944 g/mol. The molecule has 404 valence electrons. The monoisotopic (exact) mass is 1020 g/mol. The standard InChI is InChI=1S/C53H79FN8O11/c1-13-42-53(8,70-12)47-32(4)43(56-21-23-61(47)29-63)30(2)25-52(7,69-11)48(33(5)44(64)34(6)50(67)72-42)73-51-45(65)40(24-31(3)71-51)60(9)22-20-38-28-62(59-58-38)41(26-54)46(68-10)36-16-14-35(15-17-36)37-18-19-39(49(55)66)57-27-37/h14-19,27-34,40-43,45-48,51,56,65H,13,20-26H2,1-12H3,(H2,55,66)/t30-,31-,32+,33+,34-,40+,41-,42-,43+,45-,46-,47-,48-,51+,52-,53-/m1/s1. The van der Waals surface area contributed by atoms with Crippen LogP contribution in [0.3, 0.4) is 0 Å². The summed E-state index contributed by atoms with van der Waals surface area (Å²) in [6.07, 6.45) is 0.490. The first kappa shape index (κ1) is 57.5. The van der Waals surface area contributed by atoms with Crippen molar-refractivity contribution in [3.63, 3.8) is 0 Å². The fourth-order valence-corrected chi connectivity index (χ4v) is 11.8. The summed E-state index contributed by atoms with van der Waals surface area (Å²) in [5.74, 6) is -4.22. The third-order valence-corrected chi connectivity index (χ3v) is 16.1. The van der Waals surface area contributed by atoms with Crippen LogP contribution in [0.2, 0.25) is 0 Å². The number of fused-ring (bicyclic) bond motifs is 2. The van der Waals surface area contributed by atoms with Gasteiger partial charge >= 0.3 is 5.97 Å². The highest BCUT2D eigenvalue weighted by Gasteiger charge is 2.55. The van der Waals surface area contributed by atoms with Crippen molar-refractivity contribution in [1.82, 2.24) is 35.1 Å². The van der Waals surface area contributed by atoms with E-state index in [9.17, 15) is 28.7 Å². The normalized spacial score (nSPS) is 33.6. The molecule has 3 fully saturated rings. The first-order valence-electron chi connectivity index (χ1n) is 25.5. The first-order chi connectivity index (χ1) is 34.7. The van der Waals surface area contributed by atoms with E-state index in [0.29, 0.717) is 51.0 Å². The van der Waals surface area contributed by atoms with Crippen LogP contribution >= 0.6 is 0 Å². The molecule has 6 rings (SSSR count). The number of pyridine rings is 1. The number of ether oxygens (including phenoxy) is 6. The number of ketones is 1. The van der Waals surface area contributed by atoms with Gasteiger partial charge in [0.2, 0.25) is 6.41 Å². The van der Waals surface area contributed by atoms with Crippen LogP contribution in [-0.4, -0.2) is 174 Å². The van der Waals surface area contributed by atoms with E-state index in [1.807, 2.05) is 63.9 Å². The molecular formula is C53H79FN8O11. The first-order valence-corrected chi connectivity index (χ1v) is 25.5. The predicted molar refractivity (Wildman–Crippen MR) is 269 cm³/mol. The maximum Gasteiger partial charge on any atom is 0.316 e. The summed E-state index contributed by atoms with van der Waals surface area (Å²) < 4.78 is 54.3. The number of halogens is 1. The fraction of sp³-hybridized carbons (Fsp3) is 0.679. The van der Waals surface area contributed by atoms with Gasteiger partial charge < -0.3 is 54.4 Å². The second-order valence-corrected chi connectivity index (χ2v) is 20.8. The number of aliphatic hydroxyl groups excluding tert-OH is 1. The van der Waals surface area contributed by atoms with E-state index in [-0.39, 0.29) is 29.7 Å². The highest BCUT2D eigenvalue weighted by atomic mass is 19.1. The summed E-state index contributed by atoms with van der Waals surface area (Å²) in [6.45, 7) is 15.5. The van der Waals surface area contributed by atoms with E-state index < -0.39 is 96.2 Å². The molecule has 20 heteroatoms. The zero-order valence-electron chi connectivity index (χ0n) is 44.6. The lowest BCUT2D eigenvalue weighted by Gasteiger charge is -2.50. The lowest BCUT2D eigenvalue weighted by atomic mass is 9.71. The van der Waals surface area contributed by atoms with Crippen molar-refractivity contribution < 1.29 is 57.1 Å². The number of Topliss-reactive ketones (excluding diaryl/α,β-unsaturated/α-hetero) is 1. The van der Waals surface area contributed by atoms with Crippen LogP contribution in [0.15, 0.2) is 48.8 Å². The molecule has 2 bridgehead atoms. The Morgan fingerprint density at radius 2 is 1.77 bits per heavy atom. The van der Waals surface area contributed by atoms with Gasteiger partial charge in [-0.1, -0.05) is 63.2 Å². The minimum Gasteiger partial charge on any atom is -0.459 e. The highest BCUT2D eigenvalue weighted by molar-refractivity contribution is 6.00. The molecule has 3 saturated heterocycles. The molecule has 0 radical (unpaired) electrons. The van der Waals surface area contributed by atoms with E-state index in [2.05, 4.69) is 34.5 Å². The number of rotatable bonds is 17. The quantitative estimate of drug-likeness (QED) is 0.0959. The number of nitrogens with one attached hydrogen (secondary N) is 1. The summed E-state index contributed by atoms with van der Waals surface area (Å²) >= 11 is 0. The average Bonchev–Trinajstić information content (AvgIpc) is 3.79. The maximum absolute atomic E-state index is 14.9. The molecule has 3 aliphatic heterocycles. The minimum atomic E-state index is -1.21. The van der Waals surface area contributed by atoms with Gasteiger partial charge in [0.1, 0.15) is 48.2 Å². The smallest absolute Gasteiger partial charge is 0.316 e. The average molecular weight is 1020 g/mol. The van der Waals surface area contributed by atoms with E-state index in [1.54, 1.807) is 50.6 Å². The van der Waals surface area contributed by atoms with Gasteiger partial charge in [-0.15, -0.1) is 5.10 Å². The molecule has 0 aliphatic carbocycles. The van der Waals surface area contributed by atoms with Crippen LogP contribution in [-0.2, 0) is 49.2 Å². The number of aromatic nitrogens is 4. The Balaban J connectivity index is 1.19. The van der Waals surface area contributed by atoms with Gasteiger partial charge in [-0.25, -0.2) is 9.07 Å². The van der Waals surface area contributed by atoms with E-state index in [1.165, 1.54) is 18.7 Å². The molecule has 19 nitrogen and oxygen atoms in total. The molecule has 0 saturated carbocycles. The van der Waals surface area contributed by atoms with Gasteiger partial charge in [0.15, 0.2) is 12.1 Å². The lowest BCUT2D eigenvalue weighted by molar-refractivity contribution is -0.296. The molecule has 16 atom stereocenters. The number of hydrogen-bond acceptors (Lipinski definition) is 16. The minimum absolute atomic E-state index is 0.119. The third kappa shape index (κ3) is 12.3. The number of cyclic esters (lactones) is 1. The number of aliphatic hydroxyl groups is 1.